The Hall–Kier alpha value is -1.51. The van der Waals surface area contributed by atoms with Crippen LogP contribution in [-0.2, 0) is 11.2 Å². The summed E-state index contributed by atoms with van der Waals surface area (Å²) >= 11 is 0. The Morgan fingerprint density at radius 2 is 2.05 bits per heavy atom. The average Bonchev–Trinajstić information content (AvgIpc) is 2.71. The number of rotatable bonds is 1. The quantitative estimate of drug-likeness (QED) is 0.852. The topological polar surface area (TPSA) is 32.3 Å². The molecule has 2 heterocycles. The molecule has 2 atom stereocenters. The van der Waals surface area contributed by atoms with E-state index in [2.05, 4.69) is 35.3 Å². The van der Waals surface area contributed by atoms with Crippen LogP contribution in [-0.4, -0.2) is 29.9 Å². The predicted octanol–water partition coefficient (Wildman–Crippen LogP) is 3.06. The van der Waals surface area contributed by atoms with Crippen LogP contribution in [0, 0.1) is 5.92 Å². The van der Waals surface area contributed by atoms with Crippen molar-refractivity contribution in [2.75, 3.05) is 18.4 Å². The van der Waals surface area contributed by atoms with Gasteiger partial charge < -0.3 is 10.2 Å². The lowest BCUT2D eigenvalue weighted by molar-refractivity contribution is -0.132. The minimum absolute atomic E-state index is 0.0293. The number of fused-ring (bicyclic) bond motifs is 1. The maximum atomic E-state index is 12.7. The molecule has 3 nitrogen and oxygen atoms in total. The lowest BCUT2D eigenvalue weighted by atomic mass is 9.97. The molecule has 2 unspecified atom stereocenters. The minimum Gasteiger partial charge on any atom is -0.373 e. The molecule has 0 radical (unpaired) electrons. The van der Waals surface area contributed by atoms with Gasteiger partial charge in [-0.05, 0) is 49.7 Å². The van der Waals surface area contributed by atoms with Crippen LogP contribution in [0.3, 0.4) is 0 Å². The fourth-order valence-electron chi connectivity index (χ4n) is 3.33. The molecule has 108 valence electrons. The highest BCUT2D eigenvalue weighted by atomic mass is 16.2. The van der Waals surface area contributed by atoms with Crippen molar-refractivity contribution in [3.8, 4) is 0 Å². The Labute approximate surface area is 121 Å². The number of likely N-dealkylation sites (tertiary alicyclic amines) is 1. The van der Waals surface area contributed by atoms with Crippen LogP contribution < -0.4 is 5.32 Å². The molecule has 0 saturated carbocycles. The van der Waals surface area contributed by atoms with Gasteiger partial charge in [-0.15, -0.1) is 0 Å². The molecule has 0 bridgehead atoms. The predicted molar refractivity (Wildman–Crippen MR) is 81.8 cm³/mol. The molecule has 1 N–H and O–H groups in total. The second-order valence-electron chi connectivity index (χ2n) is 6.25. The third kappa shape index (κ3) is 2.82. The van der Waals surface area contributed by atoms with Crippen molar-refractivity contribution in [1.29, 1.82) is 0 Å². The smallest absolute Gasteiger partial charge is 0.245 e. The zero-order chi connectivity index (χ0) is 13.9. The van der Waals surface area contributed by atoms with Crippen LogP contribution in [0.2, 0.25) is 0 Å². The average molecular weight is 272 g/mol. The van der Waals surface area contributed by atoms with E-state index in [-0.39, 0.29) is 6.04 Å². The van der Waals surface area contributed by atoms with Gasteiger partial charge in [0.2, 0.25) is 5.91 Å². The largest absolute Gasteiger partial charge is 0.373 e. The van der Waals surface area contributed by atoms with E-state index in [9.17, 15) is 4.79 Å². The van der Waals surface area contributed by atoms with Crippen molar-refractivity contribution in [3.63, 3.8) is 0 Å². The van der Waals surface area contributed by atoms with Gasteiger partial charge in [0.15, 0.2) is 0 Å². The van der Waals surface area contributed by atoms with E-state index in [0.29, 0.717) is 5.91 Å². The van der Waals surface area contributed by atoms with Gasteiger partial charge in [-0.1, -0.05) is 25.1 Å². The number of hydrogen-bond acceptors (Lipinski definition) is 2. The minimum atomic E-state index is -0.0293. The Morgan fingerprint density at radius 1 is 1.20 bits per heavy atom. The van der Waals surface area contributed by atoms with Gasteiger partial charge in [-0.2, -0.15) is 0 Å². The van der Waals surface area contributed by atoms with Crippen LogP contribution in [0.5, 0.6) is 0 Å². The number of benzene rings is 1. The van der Waals surface area contributed by atoms with E-state index in [1.54, 1.807) is 0 Å². The van der Waals surface area contributed by atoms with Crippen LogP contribution in [0.4, 0.5) is 5.69 Å². The summed E-state index contributed by atoms with van der Waals surface area (Å²) in [6.45, 7) is 4.16. The number of amides is 1. The van der Waals surface area contributed by atoms with Gasteiger partial charge in [0.25, 0.3) is 0 Å². The molecule has 0 aromatic heterocycles. The van der Waals surface area contributed by atoms with Crippen molar-refractivity contribution < 1.29 is 4.79 Å². The number of aryl methyl sites for hydroxylation is 1. The Morgan fingerprint density at radius 3 is 2.95 bits per heavy atom. The second-order valence-corrected chi connectivity index (χ2v) is 6.25. The molecule has 1 amide bonds. The first-order valence-corrected chi connectivity index (χ1v) is 7.87. The second kappa shape index (κ2) is 5.86. The molecule has 3 heteroatoms. The Kier molecular flexibility index (Phi) is 3.95. The summed E-state index contributed by atoms with van der Waals surface area (Å²) in [5.74, 6) is 1.06. The molecule has 0 aliphatic carbocycles. The Bertz CT molecular complexity index is 486. The molecule has 2 aliphatic heterocycles. The lowest BCUT2D eigenvalue weighted by Gasteiger charge is -2.31. The number of hydrogen-bond donors (Lipinski definition) is 1. The lowest BCUT2D eigenvalue weighted by Crippen LogP contribution is -2.45. The van der Waals surface area contributed by atoms with E-state index < -0.39 is 0 Å². The number of carbonyl (C=O) groups is 1. The third-order valence-corrected chi connectivity index (χ3v) is 4.68. The van der Waals surface area contributed by atoms with Crippen molar-refractivity contribution in [1.82, 2.24) is 4.90 Å². The zero-order valence-electron chi connectivity index (χ0n) is 12.3. The number of para-hydroxylation sites is 1. The summed E-state index contributed by atoms with van der Waals surface area (Å²) in [6.07, 6.45) is 5.47. The first-order valence-electron chi connectivity index (χ1n) is 7.87. The summed E-state index contributed by atoms with van der Waals surface area (Å²) in [5, 5.41) is 3.43. The van der Waals surface area contributed by atoms with E-state index in [4.69, 9.17) is 0 Å². The van der Waals surface area contributed by atoms with Crippen molar-refractivity contribution in [2.45, 2.75) is 45.1 Å². The van der Waals surface area contributed by atoms with E-state index >= 15 is 0 Å². The summed E-state index contributed by atoms with van der Waals surface area (Å²) in [6, 6.07) is 8.31. The number of nitrogens with zero attached hydrogens (tertiary/aromatic N) is 1. The van der Waals surface area contributed by atoms with E-state index in [1.165, 1.54) is 12.0 Å². The Balaban J connectivity index is 1.66. The molecule has 1 aromatic rings. The van der Waals surface area contributed by atoms with Gasteiger partial charge in [0.05, 0.1) is 0 Å². The zero-order valence-corrected chi connectivity index (χ0v) is 12.3. The summed E-state index contributed by atoms with van der Waals surface area (Å²) in [4.78, 5) is 14.8. The molecule has 1 saturated heterocycles. The van der Waals surface area contributed by atoms with Gasteiger partial charge in [-0.3, -0.25) is 4.79 Å². The van der Waals surface area contributed by atoms with Crippen molar-refractivity contribution >= 4 is 11.6 Å². The van der Waals surface area contributed by atoms with Crippen molar-refractivity contribution in [2.24, 2.45) is 5.92 Å². The summed E-state index contributed by atoms with van der Waals surface area (Å²) in [7, 11) is 0. The molecular formula is C17H24N2O. The van der Waals surface area contributed by atoms with Gasteiger partial charge >= 0.3 is 0 Å². The first-order chi connectivity index (χ1) is 9.74. The maximum Gasteiger partial charge on any atom is 0.245 e. The fourth-order valence-corrected chi connectivity index (χ4v) is 3.33. The molecule has 1 fully saturated rings. The first kappa shape index (κ1) is 13.5. The standard InChI is InChI=1S/C17H24N2O/c1-13-5-4-11-19(12-10-13)17(20)16-9-8-14-6-2-3-7-15(14)18-16/h2-3,6-7,13,16,18H,4-5,8-12H2,1H3. The third-order valence-electron chi connectivity index (χ3n) is 4.68. The normalized spacial score (nSPS) is 26.4. The molecule has 1 aromatic carbocycles. The molecule has 20 heavy (non-hydrogen) atoms. The molecule has 2 aliphatic rings. The molecule has 0 spiro atoms. The molecule has 3 rings (SSSR count). The monoisotopic (exact) mass is 272 g/mol. The maximum absolute atomic E-state index is 12.7. The van der Waals surface area contributed by atoms with Gasteiger partial charge in [0.1, 0.15) is 6.04 Å². The highest BCUT2D eigenvalue weighted by Gasteiger charge is 2.28. The van der Waals surface area contributed by atoms with Gasteiger partial charge in [0, 0.05) is 18.8 Å². The SMILES string of the molecule is CC1CCCN(C(=O)C2CCc3ccccc3N2)CC1. The van der Waals surface area contributed by atoms with Gasteiger partial charge in [-0.25, -0.2) is 0 Å². The van der Waals surface area contributed by atoms with E-state index in [1.807, 2.05) is 6.07 Å². The number of nitrogens with one attached hydrogen (secondary N) is 1. The van der Waals surface area contributed by atoms with Crippen LogP contribution in [0.15, 0.2) is 24.3 Å². The highest BCUT2D eigenvalue weighted by molar-refractivity contribution is 5.85. The summed E-state index contributed by atoms with van der Waals surface area (Å²) in [5.41, 5.74) is 2.47. The summed E-state index contributed by atoms with van der Waals surface area (Å²) < 4.78 is 0. The molecular weight excluding hydrogens is 248 g/mol. The van der Waals surface area contributed by atoms with Crippen LogP contribution >= 0.6 is 0 Å². The van der Waals surface area contributed by atoms with Crippen LogP contribution in [0.1, 0.15) is 38.2 Å². The number of anilines is 1. The number of carbonyl (C=O) groups excluding carboxylic acids is 1. The van der Waals surface area contributed by atoms with E-state index in [0.717, 1.165) is 50.4 Å². The fraction of sp³-hybridized carbons (Fsp3) is 0.588. The van der Waals surface area contributed by atoms with Crippen molar-refractivity contribution in [3.05, 3.63) is 29.8 Å². The van der Waals surface area contributed by atoms with Crippen LogP contribution in [0.25, 0.3) is 0 Å². The highest BCUT2D eigenvalue weighted by Crippen LogP contribution is 2.26.